The summed E-state index contributed by atoms with van der Waals surface area (Å²) in [6, 6.07) is 9.29. The lowest BCUT2D eigenvalue weighted by molar-refractivity contribution is -0.150. The van der Waals surface area contributed by atoms with Gasteiger partial charge in [0.05, 0.1) is 5.41 Å². The van der Waals surface area contributed by atoms with E-state index in [1.165, 1.54) is 0 Å². The van der Waals surface area contributed by atoms with Gasteiger partial charge in [0, 0.05) is 13.1 Å². The average molecular weight is 290 g/mol. The van der Waals surface area contributed by atoms with Crippen molar-refractivity contribution < 1.29 is 14.7 Å². The van der Waals surface area contributed by atoms with Crippen LogP contribution < -0.4 is 10.6 Å². The van der Waals surface area contributed by atoms with E-state index >= 15 is 0 Å². The van der Waals surface area contributed by atoms with Gasteiger partial charge in [-0.25, -0.2) is 4.79 Å². The highest BCUT2D eigenvalue weighted by molar-refractivity contribution is 5.78. The molecule has 1 aliphatic carbocycles. The third-order valence-electron chi connectivity index (χ3n) is 4.15. The first kappa shape index (κ1) is 15.4. The van der Waals surface area contributed by atoms with E-state index in [1.54, 1.807) is 0 Å². The number of hydrogen-bond donors (Lipinski definition) is 3. The van der Waals surface area contributed by atoms with Crippen LogP contribution in [0.4, 0.5) is 4.79 Å². The lowest BCUT2D eigenvalue weighted by atomic mass is 9.74. The van der Waals surface area contributed by atoms with E-state index in [-0.39, 0.29) is 12.6 Å². The second-order valence-electron chi connectivity index (χ2n) is 5.67. The Hall–Kier alpha value is -2.04. The third-order valence-corrected chi connectivity index (χ3v) is 4.15. The molecule has 2 amide bonds. The molecule has 1 aromatic carbocycles. The summed E-state index contributed by atoms with van der Waals surface area (Å²) in [6.45, 7) is 0.635. The summed E-state index contributed by atoms with van der Waals surface area (Å²) in [5.74, 6) is -0.800. The van der Waals surface area contributed by atoms with Crippen LogP contribution in [0.15, 0.2) is 30.3 Å². The Balaban J connectivity index is 1.80. The maximum Gasteiger partial charge on any atom is 0.315 e. The minimum absolute atomic E-state index is 0.197. The summed E-state index contributed by atoms with van der Waals surface area (Å²) in [5, 5.41) is 14.9. The summed E-state index contributed by atoms with van der Waals surface area (Å²) in [5.41, 5.74) is 0.223. The summed E-state index contributed by atoms with van der Waals surface area (Å²) in [7, 11) is 0. The average Bonchev–Trinajstić information content (AvgIpc) is 2.52. The molecular formula is C16H22N2O3. The summed E-state index contributed by atoms with van der Waals surface area (Å²) < 4.78 is 0. The quantitative estimate of drug-likeness (QED) is 0.779. The van der Waals surface area contributed by atoms with Gasteiger partial charge in [0.2, 0.25) is 0 Å². The van der Waals surface area contributed by atoms with Crippen LogP contribution in [0.3, 0.4) is 0 Å². The number of amides is 2. The van der Waals surface area contributed by atoms with Crippen molar-refractivity contribution in [2.45, 2.75) is 38.6 Å². The molecule has 0 aliphatic heterocycles. The van der Waals surface area contributed by atoms with Gasteiger partial charge >= 0.3 is 12.0 Å². The molecule has 2 rings (SSSR count). The number of hydrogen-bond acceptors (Lipinski definition) is 2. The first-order valence-corrected chi connectivity index (χ1v) is 7.41. The van der Waals surface area contributed by atoms with Gasteiger partial charge in [-0.2, -0.15) is 0 Å². The Morgan fingerprint density at radius 2 is 1.71 bits per heavy atom. The monoisotopic (exact) mass is 290 g/mol. The number of rotatable bonds is 5. The molecule has 0 heterocycles. The third kappa shape index (κ3) is 4.21. The summed E-state index contributed by atoms with van der Waals surface area (Å²) >= 11 is 0. The van der Waals surface area contributed by atoms with Gasteiger partial charge in [-0.05, 0) is 18.4 Å². The number of nitrogens with one attached hydrogen (secondary N) is 2. The maximum absolute atomic E-state index is 11.8. The standard InChI is InChI=1S/C16H22N2O3/c19-14(20)16(9-5-2-6-10-16)12-18-15(21)17-11-13-7-3-1-4-8-13/h1,3-4,7-8H,2,5-6,9-12H2,(H,19,20)(H2,17,18,21). The van der Waals surface area contributed by atoms with Crippen LogP contribution in [0.25, 0.3) is 0 Å². The van der Waals surface area contributed by atoms with Crippen molar-refractivity contribution >= 4 is 12.0 Å². The van der Waals surface area contributed by atoms with Crippen LogP contribution in [-0.4, -0.2) is 23.7 Å². The zero-order chi connectivity index (χ0) is 15.1. The Bertz CT molecular complexity index is 482. The molecule has 0 atom stereocenters. The zero-order valence-electron chi connectivity index (χ0n) is 12.1. The molecule has 0 spiro atoms. The highest BCUT2D eigenvalue weighted by Gasteiger charge is 2.39. The molecule has 1 aliphatic rings. The lowest BCUT2D eigenvalue weighted by Gasteiger charge is -2.33. The van der Waals surface area contributed by atoms with E-state index in [0.29, 0.717) is 19.4 Å². The predicted molar refractivity (Wildman–Crippen MR) is 79.8 cm³/mol. The van der Waals surface area contributed by atoms with Crippen molar-refractivity contribution in [1.82, 2.24) is 10.6 Å². The first-order chi connectivity index (χ1) is 10.1. The van der Waals surface area contributed by atoms with Crippen LogP contribution in [0.2, 0.25) is 0 Å². The molecule has 114 valence electrons. The zero-order valence-corrected chi connectivity index (χ0v) is 12.1. The van der Waals surface area contributed by atoms with Gasteiger partial charge in [-0.3, -0.25) is 4.79 Å². The molecular weight excluding hydrogens is 268 g/mol. The second-order valence-corrected chi connectivity index (χ2v) is 5.67. The number of carboxylic acid groups (broad SMARTS) is 1. The lowest BCUT2D eigenvalue weighted by Crippen LogP contribution is -2.47. The number of carboxylic acids is 1. The van der Waals surface area contributed by atoms with E-state index < -0.39 is 11.4 Å². The van der Waals surface area contributed by atoms with Crippen molar-refractivity contribution in [2.24, 2.45) is 5.41 Å². The molecule has 5 heteroatoms. The van der Waals surface area contributed by atoms with E-state index in [1.807, 2.05) is 30.3 Å². The molecule has 1 fully saturated rings. The van der Waals surface area contributed by atoms with Gasteiger partial charge in [0.15, 0.2) is 0 Å². The normalized spacial score (nSPS) is 17.0. The molecule has 3 N–H and O–H groups in total. The van der Waals surface area contributed by atoms with E-state index in [4.69, 9.17) is 0 Å². The van der Waals surface area contributed by atoms with Crippen LogP contribution >= 0.6 is 0 Å². The molecule has 0 aromatic heterocycles. The van der Waals surface area contributed by atoms with Gasteiger partial charge < -0.3 is 15.7 Å². The van der Waals surface area contributed by atoms with Crippen molar-refractivity contribution in [3.05, 3.63) is 35.9 Å². The predicted octanol–water partition coefficient (Wildman–Crippen LogP) is 2.52. The van der Waals surface area contributed by atoms with Crippen LogP contribution in [0.5, 0.6) is 0 Å². The van der Waals surface area contributed by atoms with Crippen molar-refractivity contribution in [3.63, 3.8) is 0 Å². The minimum Gasteiger partial charge on any atom is -0.481 e. The molecule has 1 aromatic rings. The van der Waals surface area contributed by atoms with E-state index in [9.17, 15) is 14.7 Å². The molecule has 0 bridgehead atoms. The second kappa shape index (κ2) is 7.11. The molecule has 0 saturated heterocycles. The van der Waals surface area contributed by atoms with Gasteiger partial charge in [0.1, 0.15) is 0 Å². The fourth-order valence-corrected chi connectivity index (χ4v) is 2.78. The number of urea groups is 1. The Labute approximate surface area is 124 Å². The highest BCUT2D eigenvalue weighted by Crippen LogP contribution is 2.35. The Morgan fingerprint density at radius 3 is 2.33 bits per heavy atom. The first-order valence-electron chi connectivity index (χ1n) is 7.41. The highest BCUT2D eigenvalue weighted by atomic mass is 16.4. The molecule has 1 saturated carbocycles. The minimum atomic E-state index is -0.800. The molecule has 5 nitrogen and oxygen atoms in total. The van der Waals surface area contributed by atoms with Gasteiger partial charge in [-0.1, -0.05) is 49.6 Å². The smallest absolute Gasteiger partial charge is 0.315 e. The largest absolute Gasteiger partial charge is 0.481 e. The SMILES string of the molecule is O=C(NCc1ccccc1)NCC1(C(=O)O)CCCCC1. The fraction of sp³-hybridized carbons (Fsp3) is 0.500. The van der Waals surface area contributed by atoms with Crippen LogP contribution in [-0.2, 0) is 11.3 Å². The summed E-state index contributed by atoms with van der Waals surface area (Å²) in [6.07, 6.45) is 4.19. The van der Waals surface area contributed by atoms with E-state index in [0.717, 1.165) is 24.8 Å². The van der Waals surface area contributed by atoms with Gasteiger partial charge in [-0.15, -0.1) is 0 Å². The van der Waals surface area contributed by atoms with Crippen molar-refractivity contribution in [3.8, 4) is 0 Å². The number of carbonyl (C=O) groups is 2. The van der Waals surface area contributed by atoms with Crippen molar-refractivity contribution in [1.29, 1.82) is 0 Å². The number of aliphatic carboxylic acids is 1. The van der Waals surface area contributed by atoms with Crippen molar-refractivity contribution in [2.75, 3.05) is 6.54 Å². The molecule has 21 heavy (non-hydrogen) atoms. The maximum atomic E-state index is 11.8. The van der Waals surface area contributed by atoms with Crippen LogP contribution in [0, 0.1) is 5.41 Å². The fourth-order valence-electron chi connectivity index (χ4n) is 2.78. The van der Waals surface area contributed by atoms with Crippen LogP contribution in [0.1, 0.15) is 37.7 Å². The Morgan fingerprint density at radius 1 is 1.05 bits per heavy atom. The Kier molecular flexibility index (Phi) is 5.20. The summed E-state index contributed by atoms with van der Waals surface area (Å²) in [4.78, 5) is 23.3. The topological polar surface area (TPSA) is 78.4 Å². The number of benzene rings is 1. The molecule has 0 radical (unpaired) electrons. The number of carbonyl (C=O) groups excluding carboxylic acids is 1. The van der Waals surface area contributed by atoms with E-state index in [2.05, 4.69) is 10.6 Å². The van der Waals surface area contributed by atoms with Gasteiger partial charge in [0.25, 0.3) is 0 Å². The molecule has 0 unspecified atom stereocenters.